The zero-order valence-electron chi connectivity index (χ0n) is 11.4. The lowest BCUT2D eigenvalue weighted by atomic mass is 10.0. The van der Waals surface area contributed by atoms with E-state index in [4.69, 9.17) is 15.6 Å². The van der Waals surface area contributed by atoms with E-state index in [1.807, 2.05) is 6.92 Å². The van der Waals surface area contributed by atoms with Crippen molar-refractivity contribution in [1.29, 1.82) is 0 Å². The number of nitrogens with two attached hydrogens (primary N) is 1. The minimum Gasteiger partial charge on any atom is -0.480 e. The van der Waals surface area contributed by atoms with Crippen molar-refractivity contribution in [2.75, 3.05) is 6.61 Å². The SMILES string of the molecule is CCCCCCC(C)OCCC(C)(N)C(=O)O. The molecule has 0 saturated heterocycles. The molecule has 0 rings (SSSR count). The van der Waals surface area contributed by atoms with Gasteiger partial charge in [0.1, 0.15) is 5.54 Å². The Morgan fingerprint density at radius 3 is 2.59 bits per heavy atom. The topological polar surface area (TPSA) is 72.5 Å². The van der Waals surface area contributed by atoms with E-state index in [0.717, 1.165) is 6.42 Å². The first-order valence-electron chi connectivity index (χ1n) is 6.54. The predicted molar refractivity (Wildman–Crippen MR) is 69.0 cm³/mol. The fraction of sp³-hybridized carbons (Fsp3) is 0.923. The van der Waals surface area contributed by atoms with Crippen molar-refractivity contribution in [3.05, 3.63) is 0 Å². The van der Waals surface area contributed by atoms with Crippen molar-refractivity contribution in [1.82, 2.24) is 0 Å². The van der Waals surface area contributed by atoms with Crippen molar-refractivity contribution >= 4 is 5.97 Å². The molecule has 17 heavy (non-hydrogen) atoms. The summed E-state index contributed by atoms with van der Waals surface area (Å²) in [4.78, 5) is 10.8. The monoisotopic (exact) mass is 245 g/mol. The van der Waals surface area contributed by atoms with Gasteiger partial charge in [-0.25, -0.2) is 0 Å². The van der Waals surface area contributed by atoms with Gasteiger partial charge in [0.15, 0.2) is 0 Å². The summed E-state index contributed by atoms with van der Waals surface area (Å²) in [5.74, 6) is -0.975. The van der Waals surface area contributed by atoms with Gasteiger partial charge in [0.25, 0.3) is 0 Å². The Morgan fingerprint density at radius 2 is 2.06 bits per heavy atom. The number of carbonyl (C=O) groups is 1. The fourth-order valence-corrected chi connectivity index (χ4v) is 1.52. The largest absolute Gasteiger partial charge is 0.480 e. The Balaban J connectivity index is 3.57. The molecule has 4 heteroatoms. The Labute approximate surface area is 105 Å². The molecule has 0 saturated carbocycles. The molecule has 0 aromatic carbocycles. The van der Waals surface area contributed by atoms with Crippen molar-refractivity contribution in [3.63, 3.8) is 0 Å². The summed E-state index contributed by atoms with van der Waals surface area (Å²) >= 11 is 0. The third kappa shape index (κ3) is 8.16. The summed E-state index contributed by atoms with van der Waals surface area (Å²) in [6, 6.07) is 0. The summed E-state index contributed by atoms with van der Waals surface area (Å²) in [6.45, 7) is 6.15. The van der Waals surface area contributed by atoms with Crippen molar-refractivity contribution in [3.8, 4) is 0 Å². The van der Waals surface area contributed by atoms with Gasteiger partial charge < -0.3 is 15.6 Å². The van der Waals surface area contributed by atoms with E-state index in [0.29, 0.717) is 13.0 Å². The van der Waals surface area contributed by atoms with E-state index in [1.165, 1.54) is 32.6 Å². The number of ether oxygens (including phenoxy) is 1. The first-order chi connectivity index (χ1) is 7.90. The van der Waals surface area contributed by atoms with Crippen LogP contribution in [0.25, 0.3) is 0 Å². The number of unbranched alkanes of at least 4 members (excludes halogenated alkanes) is 3. The van der Waals surface area contributed by atoms with Gasteiger partial charge in [-0.3, -0.25) is 4.79 Å². The van der Waals surface area contributed by atoms with E-state index in [2.05, 4.69) is 6.92 Å². The van der Waals surface area contributed by atoms with Crippen LogP contribution in [0, 0.1) is 0 Å². The number of carboxylic acids is 1. The normalized spacial score (nSPS) is 16.5. The minimum absolute atomic E-state index is 0.191. The summed E-state index contributed by atoms with van der Waals surface area (Å²) in [5, 5.41) is 8.83. The smallest absolute Gasteiger partial charge is 0.323 e. The summed E-state index contributed by atoms with van der Waals surface area (Å²) in [7, 11) is 0. The highest BCUT2D eigenvalue weighted by molar-refractivity contribution is 5.77. The first kappa shape index (κ1) is 16.4. The average molecular weight is 245 g/mol. The molecule has 0 bridgehead atoms. The van der Waals surface area contributed by atoms with Gasteiger partial charge in [-0.15, -0.1) is 0 Å². The number of aliphatic carboxylic acids is 1. The quantitative estimate of drug-likeness (QED) is 0.580. The molecular weight excluding hydrogens is 218 g/mol. The molecule has 0 aromatic rings. The minimum atomic E-state index is -1.18. The molecule has 0 aromatic heterocycles. The number of rotatable bonds is 10. The van der Waals surface area contributed by atoms with Gasteiger partial charge in [0.05, 0.1) is 6.10 Å². The highest BCUT2D eigenvalue weighted by atomic mass is 16.5. The zero-order chi connectivity index (χ0) is 13.3. The maximum absolute atomic E-state index is 10.8. The highest BCUT2D eigenvalue weighted by Crippen LogP contribution is 2.10. The molecule has 4 nitrogen and oxygen atoms in total. The Kier molecular flexibility index (Phi) is 8.17. The fourth-order valence-electron chi connectivity index (χ4n) is 1.52. The molecule has 0 spiro atoms. The second kappa shape index (κ2) is 8.48. The van der Waals surface area contributed by atoms with Crippen molar-refractivity contribution in [2.24, 2.45) is 5.73 Å². The average Bonchev–Trinajstić information content (AvgIpc) is 2.24. The lowest BCUT2D eigenvalue weighted by Crippen LogP contribution is -2.45. The number of hydrogen-bond acceptors (Lipinski definition) is 3. The molecule has 3 N–H and O–H groups in total. The standard InChI is InChI=1S/C13H27NO3/c1-4-5-6-7-8-11(2)17-10-9-13(3,14)12(15)16/h11H,4-10,14H2,1-3H3,(H,15,16). The van der Waals surface area contributed by atoms with Gasteiger partial charge in [-0.1, -0.05) is 32.6 Å². The summed E-state index contributed by atoms with van der Waals surface area (Å²) < 4.78 is 5.56. The molecule has 0 heterocycles. The molecule has 0 aliphatic rings. The summed E-state index contributed by atoms with van der Waals surface area (Å²) in [5.41, 5.74) is 4.43. The first-order valence-corrected chi connectivity index (χ1v) is 6.54. The Morgan fingerprint density at radius 1 is 1.41 bits per heavy atom. The molecule has 0 aliphatic heterocycles. The molecular formula is C13H27NO3. The predicted octanol–water partition coefficient (Wildman–Crippen LogP) is 2.55. The molecule has 0 aliphatic carbocycles. The molecule has 0 radical (unpaired) electrons. The van der Waals surface area contributed by atoms with Crippen LogP contribution in [0.1, 0.15) is 59.3 Å². The van der Waals surface area contributed by atoms with E-state index < -0.39 is 11.5 Å². The lowest BCUT2D eigenvalue weighted by Gasteiger charge is -2.20. The van der Waals surface area contributed by atoms with Gasteiger partial charge in [-0.2, -0.15) is 0 Å². The van der Waals surface area contributed by atoms with Crippen LogP contribution in [-0.2, 0) is 9.53 Å². The van der Waals surface area contributed by atoms with E-state index in [-0.39, 0.29) is 6.10 Å². The van der Waals surface area contributed by atoms with Crippen LogP contribution >= 0.6 is 0 Å². The zero-order valence-corrected chi connectivity index (χ0v) is 11.4. The molecule has 2 atom stereocenters. The number of hydrogen-bond donors (Lipinski definition) is 2. The molecule has 2 unspecified atom stereocenters. The lowest BCUT2D eigenvalue weighted by molar-refractivity contribution is -0.143. The van der Waals surface area contributed by atoms with E-state index in [1.54, 1.807) is 0 Å². The molecule has 102 valence electrons. The van der Waals surface area contributed by atoms with E-state index >= 15 is 0 Å². The van der Waals surface area contributed by atoms with E-state index in [9.17, 15) is 4.79 Å². The van der Waals surface area contributed by atoms with Gasteiger partial charge in [0.2, 0.25) is 0 Å². The van der Waals surface area contributed by atoms with Crippen LogP contribution in [0.15, 0.2) is 0 Å². The second-order valence-electron chi connectivity index (χ2n) is 5.00. The summed E-state index contributed by atoms with van der Waals surface area (Å²) in [6.07, 6.45) is 6.50. The van der Waals surface area contributed by atoms with Crippen LogP contribution in [0.3, 0.4) is 0 Å². The maximum atomic E-state index is 10.8. The maximum Gasteiger partial charge on any atom is 0.323 e. The van der Waals surface area contributed by atoms with Gasteiger partial charge in [0, 0.05) is 6.61 Å². The Bertz CT molecular complexity index is 217. The van der Waals surface area contributed by atoms with Crippen molar-refractivity contribution < 1.29 is 14.6 Å². The van der Waals surface area contributed by atoms with Crippen molar-refractivity contribution in [2.45, 2.75) is 70.9 Å². The van der Waals surface area contributed by atoms with Gasteiger partial charge in [-0.05, 0) is 26.7 Å². The van der Waals surface area contributed by atoms with Crippen LogP contribution in [0.4, 0.5) is 0 Å². The third-order valence-corrected chi connectivity index (χ3v) is 2.98. The Hall–Kier alpha value is -0.610. The van der Waals surface area contributed by atoms with Crippen LogP contribution in [0.2, 0.25) is 0 Å². The van der Waals surface area contributed by atoms with Crippen LogP contribution in [0.5, 0.6) is 0 Å². The van der Waals surface area contributed by atoms with Crippen LogP contribution in [-0.4, -0.2) is 29.3 Å². The molecule has 0 amide bonds. The van der Waals surface area contributed by atoms with Gasteiger partial charge >= 0.3 is 5.97 Å². The highest BCUT2D eigenvalue weighted by Gasteiger charge is 2.27. The van der Waals surface area contributed by atoms with Crippen LogP contribution < -0.4 is 5.73 Å². The molecule has 0 fully saturated rings. The number of carboxylic acid groups (broad SMARTS) is 1. The second-order valence-corrected chi connectivity index (χ2v) is 5.00. The third-order valence-electron chi connectivity index (χ3n) is 2.98.